The minimum atomic E-state index is 0.619. The van der Waals surface area contributed by atoms with Gasteiger partial charge in [0.25, 0.3) is 0 Å². The normalized spacial score (nSPS) is 9.75. The molecular formula is C11H8ClN3S. The molecule has 0 bridgehead atoms. The third kappa shape index (κ3) is 2.72. The summed E-state index contributed by atoms with van der Waals surface area (Å²) in [6.45, 7) is 0.668. The minimum Gasteiger partial charge on any atom is -0.365 e. The van der Waals surface area contributed by atoms with Crippen molar-refractivity contribution in [1.82, 2.24) is 4.98 Å². The molecule has 5 heteroatoms. The molecule has 0 aliphatic rings. The number of hydrogen-bond donors (Lipinski definition) is 1. The van der Waals surface area contributed by atoms with Gasteiger partial charge >= 0.3 is 0 Å². The Labute approximate surface area is 102 Å². The van der Waals surface area contributed by atoms with E-state index in [-0.39, 0.29) is 0 Å². The molecular weight excluding hydrogens is 242 g/mol. The molecule has 0 saturated heterocycles. The lowest BCUT2D eigenvalue weighted by Gasteiger charge is -2.02. The van der Waals surface area contributed by atoms with Crippen LogP contribution in [0.3, 0.4) is 0 Å². The molecule has 1 N–H and O–H groups in total. The topological polar surface area (TPSA) is 48.7 Å². The van der Waals surface area contributed by atoms with Gasteiger partial charge in [0.2, 0.25) is 0 Å². The van der Waals surface area contributed by atoms with Crippen LogP contribution in [0.1, 0.15) is 10.4 Å². The van der Waals surface area contributed by atoms with Crippen molar-refractivity contribution >= 4 is 28.8 Å². The second-order valence-electron chi connectivity index (χ2n) is 3.13. The first kappa shape index (κ1) is 10.9. The lowest BCUT2D eigenvalue weighted by molar-refractivity contribution is 1.14. The zero-order valence-electron chi connectivity index (χ0n) is 8.27. The Morgan fingerprint density at radius 1 is 1.50 bits per heavy atom. The zero-order valence-corrected chi connectivity index (χ0v) is 9.85. The van der Waals surface area contributed by atoms with Crippen LogP contribution in [-0.4, -0.2) is 4.98 Å². The number of nitriles is 1. The first-order valence-corrected chi connectivity index (χ1v) is 5.86. The fourth-order valence-electron chi connectivity index (χ4n) is 1.19. The standard InChI is InChI=1S/C11H8ClN3S/c12-9-1-2-11(14-5-9)15-6-10-3-8(4-13)7-16-10/h1-3,5,7H,6H2,(H,14,15). The summed E-state index contributed by atoms with van der Waals surface area (Å²) in [6.07, 6.45) is 1.60. The Morgan fingerprint density at radius 2 is 2.38 bits per heavy atom. The molecule has 2 aromatic heterocycles. The van der Waals surface area contributed by atoms with E-state index < -0.39 is 0 Å². The lowest BCUT2D eigenvalue weighted by atomic mass is 10.3. The van der Waals surface area contributed by atoms with E-state index in [1.165, 1.54) is 0 Å². The summed E-state index contributed by atoms with van der Waals surface area (Å²) in [6, 6.07) is 7.58. The molecule has 0 aliphatic carbocycles. The van der Waals surface area contributed by atoms with Gasteiger partial charge in [-0.05, 0) is 18.2 Å². The number of aromatic nitrogens is 1. The first-order chi connectivity index (χ1) is 7.78. The molecule has 2 heterocycles. The van der Waals surface area contributed by atoms with Gasteiger partial charge in [0, 0.05) is 16.5 Å². The molecule has 80 valence electrons. The summed E-state index contributed by atoms with van der Waals surface area (Å²) in [7, 11) is 0. The van der Waals surface area contributed by atoms with Crippen LogP contribution in [0, 0.1) is 11.3 Å². The molecule has 0 unspecified atom stereocenters. The maximum atomic E-state index is 8.68. The third-order valence-electron chi connectivity index (χ3n) is 1.95. The van der Waals surface area contributed by atoms with Crippen LogP contribution in [-0.2, 0) is 6.54 Å². The summed E-state index contributed by atoms with van der Waals surface area (Å²) < 4.78 is 0. The van der Waals surface area contributed by atoms with Gasteiger partial charge in [0.1, 0.15) is 11.9 Å². The molecule has 0 atom stereocenters. The molecule has 2 rings (SSSR count). The van der Waals surface area contributed by atoms with E-state index in [0.717, 1.165) is 10.7 Å². The molecule has 0 aliphatic heterocycles. The van der Waals surface area contributed by atoms with Gasteiger partial charge in [0.05, 0.1) is 17.1 Å². The SMILES string of the molecule is N#Cc1csc(CNc2ccc(Cl)cn2)c1. The average Bonchev–Trinajstić information content (AvgIpc) is 2.76. The lowest BCUT2D eigenvalue weighted by Crippen LogP contribution is -1.98. The summed E-state index contributed by atoms with van der Waals surface area (Å²) in [4.78, 5) is 5.22. The van der Waals surface area contributed by atoms with E-state index in [9.17, 15) is 0 Å². The number of hydrogen-bond acceptors (Lipinski definition) is 4. The quantitative estimate of drug-likeness (QED) is 0.908. The van der Waals surface area contributed by atoms with Crippen molar-refractivity contribution in [3.05, 3.63) is 45.2 Å². The predicted molar refractivity (Wildman–Crippen MR) is 65.6 cm³/mol. The number of anilines is 1. The number of halogens is 1. The van der Waals surface area contributed by atoms with Gasteiger partial charge in [-0.25, -0.2) is 4.98 Å². The smallest absolute Gasteiger partial charge is 0.126 e. The second kappa shape index (κ2) is 4.97. The van der Waals surface area contributed by atoms with Crippen molar-refractivity contribution in [2.45, 2.75) is 6.54 Å². The summed E-state index contributed by atoms with van der Waals surface area (Å²) >= 11 is 7.28. The summed E-state index contributed by atoms with van der Waals surface area (Å²) in [5.74, 6) is 0.774. The Kier molecular flexibility index (Phi) is 3.40. The molecule has 16 heavy (non-hydrogen) atoms. The summed E-state index contributed by atoms with van der Waals surface area (Å²) in [5, 5.41) is 14.3. The fraction of sp³-hybridized carbons (Fsp3) is 0.0909. The van der Waals surface area contributed by atoms with E-state index in [2.05, 4.69) is 16.4 Å². The monoisotopic (exact) mass is 249 g/mol. The summed E-state index contributed by atoms with van der Waals surface area (Å²) in [5.41, 5.74) is 0.700. The van der Waals surface area contributed by atoms with E-state index in [4.69, 9.17) is 16.9 Å². The Morgan fingerprint density at radius 3 is 3.00 bits per heavy atom. The van der Waals surface area contributed by atoms with Crippen molar-refractivity contribution in [3.63, 3.8) is 0 Å². The molecule has 2 aromatic rings. The number of pyridine rings is 1. The largest absolute Gasteiger partial charge is 0.365 e. The van der Waals surface area contributed by atoms with Gasteiger partial charge < -0.3 is 5.32 Å². The molecule has 3 nitrogen and oxygen atoms in total. The van der Waals surface area contributed by atoms with Gasteiger partial charge in [-0.15, -0.1) is 11.3 Å². The minimum absolute atomic E-state index is 0.619. The zero-order chi connectivity index (χ0) is 11.4. The fourth-order valence-corrected chi connectivity index (χ4v) is 2.05. The van der Waals surface area contributed by atoms with E-state index in [0.29, 0.717) is 17.1 Å². The second-order valence-corrected chi connectivity index (χ2v) is 4.56. The van der Waals surface area contributed by atoms with Gasteiger partial charge in [-0.1, -0.05) is 11.6 Å². The molecule has 0 fully saturated rings. The van der Waals surface area contributed by atoms with Gasteiger partial charge in [-0.2, -0.15) is 5.26 Å². The highest BCUT2D eigenvalue weighted by Gasteiger charge is 1.99. The van der Waals surface area contributed by atoms with Crippen molar-refractivity contribution in [1.29, 1.82) is 5.26 Å². The molecule has 0 saturated carbocycles. The molecule has 0 spiro atoms. The number of nitrogens with zero attached hydrogens (tertiary/aromatic N) is 2. The van der Waals surface area contributed by atoms with Crippen LogP contribution in [0.5, 0.6) is 0 Å². The highest BCUT2D eigenvalue weighted by Crippen LogP contribution is 2.16. The average molecular weight is 250 g/mol. The Hall–Kier alpha value is -1.57. The molecule has 0 radical (unpaired) electrons. The van der Waals surface area contributed by atoms with Crippen LogP contribution in [0.15, 0.2) is 29.8 Å². The van der Waals surface area contributed by atoms with Crippen LogP contribution in [0.25, 0.3) is 0 Å². The highest BCUT2D eigenvalue weighted by atomic mass is 35.5. The molecule has 0 aromatic carbocycles. The van der Waals surface area contributed by atoms with Crippen molar-refractivity contribution in [3.8, 4) is 6.07 Å². The Balaban J connectivity index is 1.97. The maximum Gasteiger partial charge on any atom is 0.126 e. The molecule has 0 amide bonds. The highest BCUT2D eigenvalue weighted by molar-refractivity contribution is 7.10. The van der Waals surface area contributed by atoms with Crippen LogP contribution < -0.4 is 5.32 Å². The first-order valence-electron chi connectivity index (χ1n) is 4.61. The third-order valence-corrected chi connectivity index (χ3v) is 3.11. The number of thiophene rings is 1. The van der Waals surface area contributed by atoms with Crippen LogP contribution in [0.2, 0.25) is 5.02 Å². The van der Waals surface area contributed by atoms with E-state index in [1.54, 1.807) is 23.6 Å². The van der Waals surface area contributed by atoms with Crippen LogP contribution >= 0.6 is 22.9 Å². The van der Waals surface area contributed by atoms with E-state index in [1.807, 2.05) is 17.5 Å². The van der Waals surface area contributed by atoms with Crippen molar-refractivity contribution in [2.75, 3.05) is 5.32 Å². The maximum absolute atomic E-state index is 8.68. The van der Waals surface area contributed by atoms with Crippen molar-refractivity contribution < 1.29 is 0 Å². The van der Waals surface area contributed by atoms with Gasteiger partial charge in [0.15, 0.2) is 0 Å². The number of nitrogens with one attached hydrogen (secondary N) is 1. The Bertz CT molecular complexity index is 513. The van der Waals surface area contributed by atoms with E-state index >= 15 is 0 Å². The predicted octanol–water partition coefficient (Wildman–Crippen LogP) is 3.28. The van der Waals surface area contributed by atoms with Crippen molar-refractivity contribution in [2.24, 2.45) is 0 Å². The van der Waals surface area contributed by atoms with Crippen LogP contribution in [0.4, 0.5) is 5.82 Å². The number of rotatable bonds is 3. The van der Waals surface area contributed by atoms with Gasteiger partial charge in [-0.3, -0.25) is 0 Å².